The van der Waals surface area contributed by atoms with Gasteiger partial charge in [-0.2, -0.15) is 11.8 Å². The lowest BCUT2D eigenvalue weighted by molar-refractivity contribution is 0.0701. The molecule has 1 aromatic rings. The van der Waals surface area contributed by atoms with Crippen molar-refractivity contribution in [1.82, 2.24) is 4.72 Å². The fraction of sp³-hybridized carbons (Fsp3) is 0.615. The van der Waals surface area contributed by atoms with Gasteiger partial charge >= 0.3 is 5.97 Å². The number of carbonyl (C=O) groups is 1. The maximum Gasteiger partial charge on any atom is 0.346 e. The van der Waals surface area contributed by atoms with E-state index in [1.54, 1.807) is 6.92 Å². The number of carboxylic acids is 1. The van der Waals surface area contributed by atoms with Gasteiger partial charge in [0.1, 0.15) is 9.09 Å². The molecule has 5 nitrogen and oxygen atoms in total. The zero-order valence-electron chi connectivity index (χ0n) is 12.2. The highest BCUT2D eigenvalue weighted by atomic mass is 32.2. The lowest BCUT2D eigenvalue weighted by atomic mass is 10.2. The van der Waals surface area contributed by atoms with E-state index in [9.17, 15) is 13.2 Å². The molecule has 0 aliphatic carbocycles. The summed E-state index contributed by atoms with van der Waals surface area (Å²) >= 11 is 2.61. The summed E-state index contributed by atoms with van der Waals surface area (Å²) in [5.41, 5.74) is 0.477. The average molecular weight is 352 g/mol. The first-order valence-electron chi connectivity index (χ1n) is 6.71. The lowest BCUT2D eigenvalue weighted by Gasteiger charge is -2.04. The van der Waals surface area contributed by atoms with Crippen molar-refractivity contribution in [3.05, 3.63) is 16.5 Å². The quantitative estimate of drug-likeness (QED) is 0.633. The van der Waals surface area contributed by atoms with Crippen LogP contribution in [0.2, 0.25) is 0 Å². The minimum atomic E-state index is -3.59. The van der Waals surface area contributed by atoms with Crippen LogP contribution >= 0.6 is 23.1 Å². The number of thioether (sulfide) groups is 1. The average Bonchev–Trinajstić information content (AvgIpc) is 2.81. The van der Waals surface area contributed by atoms with Gasteiger partial charge in [0, 0.05) is 6.54 Å². The predicted molar refractivity (Wildman–Crippen MR) is 88.1 cm³/mol. The SMILES string of the molecule is CSCCCCCCNS(=O)(=O)c1cc(C)c(C(=O)O)s1. The molecule has 0 aromatic carbocycles. The Hall–Kier alpha value is -0.570. The number of carboxylic acid groups (broad SMARTS) is 1. The molecule has 8 heteroatoms. The lowest BCUT2D eigenvalue weighted by Crippen LogP contribution is -2.24. The molecular weight excluding hydrogens is 330 g/mol. The van der Waals surface area contributed by atoms with Gasteiger partial charge in [0.15, 0.2) is 0 Å². The van der Waals surface area contributed by atoms with Crippen LogP contribution in [-0.2, 0) is 10.0 Å². The molecule has 1 aromatic heterocycles. The standard InChI is InChI=1S/C13H21NO4S3/c1-10-9-11(20-12(10)13(15)16)21(17,18)14-7-5-3-4-6-8-19-2/h9,14H,3-8H2,1-2H3,(H,15,16). The van der Waals surface area contributed by atoms with Gasteiger partial charge < -0.3 is 5.11 Å². The summed E-state index contributed by atoms with van der Waals surface area (Å²) in [4.78, 5) is 11.0. The minimum absolute atomic E-state index is 0.0692. The Morgan fingerprint density at radius 1 is 1.33 bits per heavy atom. The number of rotatable bonds is 10. The molecule has 0 radical (unpaired) electrons. The molecule has 0 bridgehead atoms. The Morgan fingerprint density at radius 2 is 2.00 bits per heavy atom. The van der Waals surface area contributed by atoms with Crippen LogP contribution in [0.4, 0.5) is 0 Å². The fourth-order valence-electron chi connectivity index (χ4n) is 1.80. The Kier molecular flexibility index (Phi) is 7.72. The van der Waals surface area contributed by atoms with E-state index in [0.29, 0.717) is 12.1 Å². The largest absolute Gasteiger partial charge is 0.477 e. The molecule has 0 fully saturated rings. The molecule has 21 heavy (non-hydrogen) atoms. The van der Waals surface area contributed by atoms with Gasteiger partial charge in [-0.1, -0.05) is 12.8 Å². The Labute approximate surface area is 134 Å². The highest BCUT2D eigenvalue weighted by molar-refractivity contribution is 7.98. The predicted octanol–water partition coefficient (Wildman–Crippen LogP) is 2.96. The van der Waals surface area contributed by atoms with Crippen LogP contribution in [0.3, 0.4) is 0 Å². The topological polar surface area (TPSA) is 83.5 Å². The molecule has 0 saturated carbocycles. The van der Waals surface area contributed by atoms with Crippen LogP contribution in [0.15, 0.2) is 10.3 Å². The van der Waals surface area contributed by atoms with Gasteiger partial charge in [-0.05, 0) is 43.4 Å². The van der Waals surface area contributed by atoms with Gasteiger partial charge in [-0.3, -0.25) is 0 Å². The number of aryl methyl sites for hydroxylation is 1. The van der Waals surface area contributed by atoms with E-state index in [1.165, 1.54) is 6.07 Å². The van der Waals surface area contributed by atoms with Crippen molar-refractivity contribution < 1.29 is 18.3 Å². The Morgan fingerprint density at radius 3 is 2.57 bits per heavy atom. The van der Waals surface area contributed by atoms with E-state index in [1.807, 2.05) is 11.8 Å². The number of aromatic carboxylic acids is 1. The zero-order valence-corrected chi connectivity index (χ0v) is 14.7. The molecule has 0 aliphatic heterocycles. The van der Waals surface area contributed by atoms with Crippen molar-refractivity contribution in [3.63, 3.8) is 0 Å². The van der Waals surface area contributed by atoms with Crippen LogP contribution in [0.1, 0.15) is 40.9 Å². The molecule has 0 amide bonds. The van der Waals surface area contributed by atoms with Crippen molar-refractivity contribution >= 4 is 39.1 Å². The Balaban J connectivity index is 2.47. The number of nitrogens with one attached hydrogen (secondary N) is 1. The molecule has 120 valence electrons. The molecule has 0 atom stereocenters. The zero-order chi connectivity index (χ0) is 15.9. The first-order valence-corrected chi connectivity index (χ1v) is 10.4. The smallest absolute Gasteiger partial charge is 0.346 e. The van der Waals surface area contributed by atoms with Gasteiger partial charge in [0.2, 0.25) is 10.0 Å². The third-order valence-electron chi connectivity index (χ3n) is 2.92. The van der Waals surface area contributed by atoms with E-state index >= 15 is 0 Å². The minimum Gasteiger partial charge on any atom is -0.477 e. The van der Waals surface area contributed by atoms with Crippen LogP contribution < -0.4 is 4.72 Å². The van der Waals surface area contributed by atoms with Crippen molar-refractivity contribution in [3.8, 4) is 0 Å². The molecule has 0 aliphatic rings. The van der Waals surface area contributed by atoms with Gasteiger partial charge in [-0.25, -0.2) is 17.9 Å². The highest BCUT2D eigenvalue weighted by Gasteiger charge is 2.21. The van der Waals surface area contributed by atoms with Gasteiger partial charge in [0.25, 0.3) is 0 Å². The van der Waals surface area contributed by atoms with E-state index in [-0.39, 0.29) is 9.09 Å². The number of thiophene rings is 1. The maximum absolute atomic E-state index is 12.1. The summed E-state index contributed by atoms with van der Waals surface area (Å²) in [5, 5.41) is 8.96. The van der Waals surface area contributed by atoms with Crippen molar-refractivity contribution in [1.29, 1.82) is 0 Å². The van der Waals surface area contributed by atoms with Crippen molar-refractivity contribution in [2.24, 2.45) is 0 Å². The second-order valence-electron chi connectivity index (χ2n) is 4.69. The third-order valence-corrected chi connectivity index (χ3v) is 6.78. The summed E-state index contributed by atoms with van der Waals surface area (Å²) in [6.45, 7) is 1.99. The van der Waals surface area contributed by atoms with E-state index in [4.69, 9.17) is 5.11 Å². The molecule has 1 rings (SSSR count). The van der Waals surface area contributed by atoms with Gasteiger partial charge in [-0.15, -0.1) is 11.3 Å². The van der Waals surface area contributed by atoms with E-state index in [0.717, 1.165) is 42.8 Å². The summed E-state index contributed by atoms with van der Waals surface area (Å²) in [6.07, 6.45) is 6.11. The summed E-state index contributed by atoms with van der Waals surface area (Å²) in [6, 6.07) is 1.41. The summed E-state index contributed by atoms with van der Waals surface area (Å²) in [7, 11) is -3.59. The fourth-order valence-corrected chi connectivity index (χ4v) is 4.79. The normalized spacial score (nSPS) is 11.7. The second-order valence-corrected chi connectivity index (χ2v) is 8.72. The van der Waals surface area contributed by atoms with Crippen LogP contribution in [0.25, 0.3) is 0 Å². The van der Waals surface area contributed by atoms with Crippen LogP contribution in [0.5, 0.6) is 0 Å². The van der Waals surface area contributed by atoms with E-state index < -0.39 is 16.0 Å². The van der Waals surface area contributed by atoms with Crippen molar-refractivity contribution in [2.45, 2.75) is 36.8 Å². The molecule has 0 spiro atoms. The molecule has 0 saturated heterocycles. The summed E-state index contributed by atoms with van der Waals surface area (Å²) in [5.74, 6) is 0.0470. The second kappa shape index (κ2) is 8.77. The maximum atomic E-state index is 12.1. The van der Waals surface area contributed by atoms with Crippen LogP contribution in [-0.4, -0.2) is 38.0 Å². The number of sulfonamides is 1. The number of hydrogen-bond donors (Lipinski definition) is 2. The molecule has 2 N–H and O–H groups in total. The number of hydrogen-bond acceptors (Lipinski definition) is 5. The molecular formula is C13H21NO4S3. The molecule has 1 heterocycles. The number of unbranched alkanes of at least 4 members (excludes halogenated alkanes) is 3. The molecule has 0 unspecified atom stereocenters. The van der Waals surface area contributed by atoms with E-state index in [2.05, 4.69) is 11.0 Å². The highest BCUT2D eigenvalue weighted by Crippen LogP contribution is 2.25. The first kappa shape index (κ1) is 18.5. The third kappa shape index (κ3) is 5.98. The Bertz CT molecular complexity index is 566. The van der Waals surface area contributed by atoms with Gasteiger partial charge in [0.05, 0.1) is 0 Å². The van der Waals surface area contributed by atoms with Crippen molar-refractivity contribution in [2.75, 3.05) is 18.6 Å². The van der Waals surface area contributed by atoms with Crippen LogP contribution in [0, 0.1) is 6.92 Å². The first-order chi connectivity index (χ1) is 9.88. The summed E-state index contributed by atoms with van der Waals surface area (Å²) < 4.78 is 26.7. The monoisotopic (exact) mass is 351 g/mol.